The average Bonchev–Trinajstić information content (AvgIpc) is 3.37. The van der Waals surface area contributed by atoms with Gasteiger partial charge in [-0.3, -0.25) is 9.78 Å². The van der Waals surface area contributed by atoms with Crippen molar-refractivity contribution in [3.63, 3.8) is 0 Å². The minimum absolute atomic E-state index is 0.0184. The number of aromatic nitrogens is 3. The van der Waals surface area contributed by atoms with Crippen molar-refractivity contribution in [2.45, 2.75) is 25.6 Å². The Bertz CT molecular complexity index is 1510. The number of nitrogens with one attached hydrogen (secondary N) is 3. The van der Waals surface area contributed by atoms with Gasteiger partial charge in [-0.15, -0.1) is 0 Å². The molecule has 3 heterocycles. The average molecular weight is 546 g/mol. The summed E-state index contributed by atoms with van der Waals surface area (Å²) in [7, 11) is 1.49. The molecule has 1 atom stereocenters. The summed E-state index contributed by atoms with van der Waals surface area (Å²) in [5.41, 5.74) is 0.0397. The first kappa shape index (κ1) is 26.8. The molecule has 1 aliphatic rings. The Morgan fingerprint density at radius 3 is 2.68 bits per heavy atom. The number of benzene rings is 1. The highest BCUT2D eigenvalue weighted by molar-refractivity contribution is 6.36. The van der Waals surface area contributed by atoms with E-state index in [1.54, 1.807) is 6.92 Å². The third kappa shape index (κ3) is 4.97. The molecule has 1 unspecified atom stereocenters. The number of likely N-dealkylation sites (tertiary alicyclic amines) is 1. The van der Waals surface area contributed by atoms with Crippen LogP contribution in [0.3, 0.4) is 0 Å². The maximum Gasteiger partial charge on any atom is 0.434 e. The predicted molar refractivity (Wildman–Crippen MR) is 132 cm³/mol. The van der Waals surface area contributed by atoms with Crippen molar-refractivity contribution in [1.29, 1.82) is 10.7 Å². The number of hydrogen-bond acceptors (Lipinski definition) is 6. The Hall–Kier alpha value is -4.24. The molecule has 0 spiro atoms. The zero-order chi connectivity index (χ0) is 27.8. The van der Waals surface area contributed by atoms with Crippen LogP contribution in [0.2, 0.25) is 5.02 Å². The molecule has 3 aromatic rings. The first-order valence-corrected chi connectivity index (χ1v) is 11.6. The number of nitriles is 1. The first-order valence-electron chi connectivity index (χ1n) is 11.2. The lowest BCUT2D eigenvalue weighted by molar-refractivity contribution is -0.141. The van der Waals surface area contributed by atoms with Crippen LogP contribution < -0.4 is 5.32 Å². The van der Waals surface area contributed by atoms with E-state index in [9.17, 15) is 22.4 Å². The van der Waals surface area contributed by atoms with Gasteiger partial charge in [0.1, 0.15) is 23.3 Å². The number of alkyl halides is 3. The second kappa shape index (κ2) is 10.3. The molecule has 13 heteroatoms. The zero-order valence-electron chi connectivity index (χ0n) is 20.0. The Labute approximate surface area is 219 Å². The van der Waals surface area contributed by atoms with Gasteiger partial charge in [0.2, 0.25) is 0 Å². The van der Waals surface area contributed by atoms with E-state index in [4.69, 9.17) is 22.3 Å². The topological polar surface area (TPSA) is 122 Å². The molecule has 196 valence electrons. The third-order valence-electron chi connectivity index (χ3n) is 6.19. The Kier molecular flexibility index (Phi) is 7.24. The normalized spacial score (nSPS) is 17.3. The van der Waals surface area contributed by atoms with Gasteiger partial charge < -0.3 is 20.6 Å². The van der Waals surface area contributed by atoms with Gasteiger partial charge in [-0.25, -0.2) is 9.37 Å². The third-order valence-corrected chi connectivity index (χ3v) is 6.60. The van der Waals surface area contributed by atoms with Gasteiger partial charge in [-0.1, -0.05) is 11.6 Å². The van der Waals surface area contributed by atoms with E-state index in [1.807, 2.05) is 6.07 Å². The number of H-pyrrole nitrogens is 1. The fourth-order valence-corrected chi connectivity index (χ4v) is 4.59. The minimum atomic E-state index is -4.69. The standard InChI is InChI=1S/C25H20ClF4N7O/c1-12-22(32)16(23(33-2)19-10-34-11-20(36-19)25(28,29)30)3-4-37(12)24(38)18-7-14(27)6-17(21(18)26)13-5-15(8-31)35-9-13/h5-7,9-12,32-33,35H,3-4H2,1-2H3/b23-16-,32-22?. The molecule has 1 aliphatic heterocycles. The van der Waals surface area contributed by atoms with Gasteiger partial charge in [0.25, 0.3) is 5.91 Å². The Morgan fingerprint density at radius 2 is 2.05 bits per heavy atom. The lowest BCUT2D eigenvalue weighted by atomic mass is 9.91. The number of carbonyl (C=O) groups is 1. The van der Waals surface area contributed by atoms with Crippen LogP contribution >= 0.6 is 11.6 Å². The molecule has 2 aromatic heterocycles. The van der Waals surface area contributed by atoms with Crippen LogP contribution in [-0.2, 0) is 6.18 Å². The molecule has 38 heavy (non-hydrogen) atoms. The molecule has 3 N–H and O–H groups in total. The van der Waals surface area contributed by atoms with Crippen LogP contribution in [0.15, 0.2) is 42.4 Å². The second-order valence-corrected chi connectivity index (χ2v) is 8.84. The van der Waals surface area contributed by atoms with Crippen LogP contribution in [0.5, 0.6) is 0 Å². The van der Waals surface area contributed by atoms with E-state index in [1.165, 1.54) is 24.2 Å². The number of aromatic amines is 1. The molecule has 0 saturated carbocycles. The van der Waals surface area contributed by atoms with E-state index < -0.39 is 29.6 Å². The smallest absolute Gasteiger partial charge is 0.386 e. The molecule has 1 fully saturated rings. The van der Waals surface area contributed by atoms with Gasteiger partial charge in [-0.2, -0.15) is 18.4 Å². The Morgan fingerprint density at radius 1 is 1.32 bits per heavy atom. The maximum absolute atomic E-state index is 14.5. The number of halogens is 5. The van der Waals surface area contributed by atoms with E-state index in [-0.39, 0.29) is 51.9 Å². The van der Waals surface area contributed by atoms with Crippen molar-refractivity contribution in [1.82, 2.24) is 25.2 Å². The molecule has 0 aliphatic carbocycles. The highest BCUT2D eigenvalue weighted by Crippen LogP contribution is 2.35. The van der Waals surface area contributed by atoms with E-state index in [2.05, 4.69) is 20.3 Å². The van der Waals surface area contributed by atoms with Crippen LogP contribution in [-0.4, -0.2) is 51.1 Å². The molecule has 0 radical (unpaired) electrons. The summed E-state index contributed by atoms with van der Waals surface area (Å²) in [5, 5.41) is 20.5. The number of carbonyl (C=O) groups excluding carboxylic acids is 1. The summed E-state index contributed by atoms with van der Waals surface area (Å²) >= 11 is 6.51. The molecule has 1 amide bonds. The largest absolute Gasteiger partial charge is 0.434 e. The van der Waals surface area contributed by atoms with E-state index in [0.717, 1.165) is 18.3 Å². The van der Waals surface area contributed by atoms with Crippen LogP contribution in [0.25, 0.3) is 16.8 Å². The molecular weight excluding hydrogens is 526 g/mol. The van der Waals surface area contributed by atoms with Crippen molar-refractivity contribution < 1.29 is 22.4 Å². The Balaban J connectivity index is 1.67. The summed E-state index contributed by atoms with van der Waals surface area (Å²) < 4.78 is 54.0. The van der Waals surface area contributed by atoms with Gasteiger partial charge in [0.05, 0.1) is 40.4 Å². The monoisotopic (exact) mass is 545 g/mol. The lowest BCUT2D eigenvalue weighted by Crippen LogP contribution is -2.48. The summed E-state index contributed by atoms with van der Waals surface area (Å²) in [5.74, 6) is -1.33. The van der Waals surface area contributed by atoms with Crippen LogP contribution in [0.4, 0.5) is 17.6 Å². The number of piperidine rings is 1. The summed E-state index contributed by atoms with van der Waals surface area (Å²) in [6.07, 6.45) is -1.33. The molecular formula is C25H20ClF4N7O. The molecule has 1 aromatic carbocycles. The molecule has 4 rings (SSSR count). The highest BCUT2D eigenvalue weighted by Gasteiger charge is 2.36. The minimum Gasteiger partial charge on any atom is -0.386 e. The van der Waals surface area contributed by atoms with Gasteiger partial charge in [-0.05, 0) is 31.5 Å². The lowest BCUT2D eigenvalue weighted by Gasteiger charge is -2.36. The van der Waals surface area contributed by atoms with Crippen molar-refractivity contribution in [2.24, 2.45) is 0 Å². The first-order chi connectivity index (χ1) is 18.0. The number of amides is 1. The van der Waals surface area contributed by atoms with E-state index >= 15 is 0 Å². The van der Waals surface area contributed by atoms with Gasteiger partial charge in [0, 0.05) is 36.5 Å². The van der Waals surface area contributed by atoms with Crippen molar-refractivity contribution in [3.8, 4) is 17.2 Å². The van der Waals surface area contributed by atoms with Crippen LogP contribution in [0, 0.1) is 22.6 Å². The fourth-order valence-electron chi connectivity index (χ4n) is 4.29. The van der Waals surface area contributed by atoms with Crippen molar-refractivity contribution >= 4 is 28.9 Å². The zero-order valence-corrected chi connectivity index (χ0v) is 20.8. The summed E-state index contributed by atoms with van der Waals surface area (Å²) in [6, 6.07) is 4.75. The molecule has 1 saturated heterocycles. The van der Waals surface area contributed by atoms with Crippen molar-refractivity contribution in [3.05, 3.63) is 75.8 Å². The summed E-state index contributed by atoms with van der Waals surface area (Å²) in [6.45, 7) is 1.67. The summed E-state index contributed by atoms with van der Waals surface area (Å²) in [4.78, 5) is 24.8. The second-order valence-electron chi connectivity index (χ2n) is 8.46. The molecule has 8 nitrogen and oxygen atoms in total. The maximum atomic E-state index is 14.5. The molecule has 0 bridgehead atoms. The fraction of sp³-hybridized carbons (Fsp3) is 0.240. The van der Waals surface area contributed by atoms with E-state index in [0.29, 0.717) is 17.3 Å². The highest BCUT2D eigenvalue weighted by atomic mass is 35.5. The van der Waals surface area contributed by atoms with Gasteiger partial charge in [0.15, 0.2) is 5.69 Å². The SMILES string of the molecule is CN/C(=C1/CCN(C(=O)c2cc(F)cc(-c3c[nH]c(C#N)c3)c2Cl)C(C)C1=N)c1cncc(C(F)(F)F)n1. The van der Waals surface area contributed by atoms with Crippen LogP contribution in [0.1, 0.15) is 40.8 Å². The number of hydrogen-bond donors (Lipinski definition) is 3. The quantitative estimate of drug-likeness (QED) is 0.397. The van der Waals surface area contributed by atoms with Crippen molar-refractivity contribution in [2.75, 3.05) is 13.6 Å². The predicted octanol–water partition coefficient (Wildman–Crippen LogP) is 5.04. The number of rotatable bonds is 4. The van der Waals surface area contributed by atoms with Gasteiger partial charge >= 0.3 is 6.18 Å². The number of nitrogens with zero attached hydrogens (tertiary/aromatic N) is 4.